The van der Waals surface area contributed by atoms with Gasteiger partial charge in [-0.05, 0) is 32.6 Å². The van der Waals surface area contributed by atoms with Crippen molar-refractivity contribution in [3.05, 3.63) is 5.82 Å². The highest BCUT2D eigenvalue weighted by molar-refractivity contribution is 7.89. The van der Waals surface area contributed by atoms with Gasteiger partial charge in [-0.3, -0.25) is 0 Å². The maximum Gasteiger partial charge on any atom is 0.217 e. The largest absolute Gasteiger partial charge is 0.381 e. The van der Waals surface area contributed by atoms with Crippen molar-refractivity contribution in [3.63, 3.8) is 0 Å². The summed E-state index contributed by atoms with van der Waals surface area (Å²) in [6.07, 6.45) is 2.84. The van der Waals surface area contributed by atoms with Crippen molar-refractivity contribution in [1.82, 2.24) is 13.7 Å². The van der Waals surface area contributed by atoms with Gasteiger partial charge >= 0.3 is 0 Å². The standard InChI is InChI=1S/C13H22N4O3S2/c1-10-14-13(21-16-10)15-11-2-6-17(7-3-11)22(18,19)12-4-8-20-9-5-12/h11-12H,2-9H2,1H3,(H,14,15,16). The van der Waals surface area contributed by atoms with Crippen molar-refractivity contribution in [3.8, 4) is 0 Å². The van der Waals surface area contributed by atoms with Gasteiger partial charge in [0.25, 0.3) is 0 Å². The molecule has 3 heterocycles. The molecule has 0 bridgehead atoms. The van der Waals surface area contributed by atoms with E-state index in [4.69, 9.17) is 4.74 Å². The van der Waals surface area contributed by atoms with Crippen LogP contribution in [0.3, 0.4) is 0 Å². The van der Waals surface area contributed by atoms with Gasteiger partial charge in [0.1, 0.15) is 5.82 Å². The maximum atomic E-state index is 12.6. The van der Waals surface area contributed by atoms with E-state index in [-0.39, 0.29) is 11.3 Å². The summed E-state index contributed by atoms with van der Waals surface area (Å²) in [7, 11) is -3.18. The molecule has 0 unspecified atom stereocenters. The quantitative estimate of drug-likeness (QED) is 0.883. The first-order chi connectivity index (χ1) is 10.6. The lowest BCUT2D eigenvalue weighted by Gasteiger charge is -2.34. The number of nitrogens with one attached hydrogen (secondary N) is 1. The van der Waals surface area contributed by atoms with Crippen LogP contribution in [0, 0.1) is 6.92 Å². The van der Waals surface area contributed by atoms with Gasteiger partial charge in [-0.1, -0.05) is 0 Å². The van der Waals surface area contributed by atoms with Crippen LogP contribution in [0.25, 0.3) is 0 Å². The lowest BCUT2D eigenvalue weighted by Crippen LogP contribution is -2.47. The van der Waals surface area contributed by atoms with Gasteiger partial charge in [0, 0.05) is 43.9 Å². The third-order valence-electron chi connectivity index (χ3n) is 4.26. The molecule has 0 aliphatic carbocycles. The first-order valence-electron chi connectivity index (χ1n) is 7.69. The molecule has 3 rings (SSSR count). The minimum absolute atomic E-state index is 0.267. The maximum absolute atomic E-state index is 12.6. The van der Waals surface area contributed by atoms with Crippen LogP contribution in [0.15, 0.2) is 0 Å². The fourth-order valence-electron chi connectivity index (χ4n) is 2.97. The molecule has 1 N–H and O–H groups in total. The van der Waals surface area contributed by atoms with Gasteiger partial charge in [0.2, 0.25) is 15.2 Å². The van der Waals surface area contributed by atoms with Crippen molar-refractivity contribution < 1.29 is 13.2 Å². The Labute approximate surface area is 135 Å². The SMILES string of the molecule is Cc1nsc(NC2CCN(S(=O)(=O)C3CCOCC3)CC2)n1. The number of anilines is 1. The van der Waals surface area contributed by atoms with Crippen LogP contribution in [0.5, 0.6) is 0 Å². The summed E-state index contributed by atoms with van der Waals surface area (Å²) in [5.74, 6) is 0.770. The summed E-state index contributed by atoms with van der Waals surface area (Å²) in [5.41, 5.74) is 0. The Kier molecular flexibility index (Phi) is 4.96. The third-order valence-corrected chi connectivity index (χ3v) is 7.39. The molecule has 22 heavy (non-hydrogen) atoms. The molecule has 1 aromatic rings. The van der Waals surface area contributed by atoms with E-state index in [2.05, 4.69) is 14.7 Å². The first-order valence-corrected chi connectivity index (χ1v) is 9.97. The van der Waals surface area contributed by atoms with E-state index in [0.29, 0.717) is 39.1 Å². The summed E-state index contributed by atoms with van der Waals surface area (Å²) in [4.78, 5) is 4.30. The first kappa shape index (κ1) is 16.1. The Morgan fingerprint density at radius 3 is 2.50 bits per heavy atom. The van der Waals surface area contributed by atoms with Crippen molar-refractivity contribution in [2.75, 3.05) is 31.6 Å². The zero-order valence-electron chi connectivity index (χ0n) is 12.7. The summed E-state index contributed by atoms with van der Waals surface area (Å²) >= 11 is 1.35. The molecule has 9 heteroatoms. The van der Waals surface area contributed by atoms with Gasteiger partial charge in [-0.25, -0.2) is 17.7 Å². The van der Waals surface area contributed by atoms with Gasteiger partial charge in [0.15, 0.2) is 0 Å². The summed E-state index contributed by atoms with van der Waals surface area (Å²) in [6.45, 7) is 4.13. The second-order valence-electron chi connectivity index (χ2n) is 5.82. The number of piperidine rings is 1. The molecule has 2 aliphatic rings. The molecule has 0 amide bonds. The lowest BCUT2D eigenvalue weighted by atomic mass is 10.1. The smallest absolute Gasteiger partial charge is 0.217 e. The Bertz CT molecular complexity index is 590. The van der Waals surface area contributed by atoms with Crippen molar-refractivity contribution in [2.45, 2.75) is 43.9 Å². The highest BCUT2D eigenvalue weighted by Gasteiger charge is 2.35. The zero-order chi connectivity index (χ0) is 15.6. The van der Waals surface area contributed by atoms with Crippen LogP contribution in [0.4, 0.5) is 5.13 Å². The normalized spacial score (nSPS) is 22.8. The lowest BCUT2D eigenvalue weighted by molar-refractivity contribution is 0.0969. The average molecular weight is 346 g/mol. The van der Waals surface area contributed by atoms with E-state index in [1.54, 1.807) is 4.31 Å². The number of hydrogen-bond donors (Lipinski definition) is 1. The molecule has 0 aromatic carbocycles. The van der Waals surface area contributed by atoms with Crippen molar-refractivity contribution in [1.29, 1.82) is 0 Å². The number of aryl methyl sites for hydroxylation is 1. The van der Waals surface area contributed by atoms with E-state index >= 15 is 0 Å². The number of ether oxygens (including phenoxy) is 1. The molecule has 0 spiro atoms. The van der Waals surface area contributed by atoms with Crippen LogP contribution in [-0.4, -0.2) is 59.7 Å². The molecular weight excluding hydrogens is 324 g/mol. The predicted molar refractivity (Wildman–Crippen MR) is 85.6 cm³/mol. The van der Waals surface area contributed by atoms with Crippen molar-refractivity contribution >= 4 is 26.7 Å². The summed E-state index contributed by atoms with van der Waals surface area (Å²) in [5, 5.41) is 3.91. The molecule has 0 saturated carbocycles. The van der Waals surface area contributed by atoms with Crippen LogP contribution in [0.2, 0.25) is 0 Å². The zero-order valence-corrected chi connectivity index (χ0v) is 14.3. The highest BCUT2D eigenvalue weighted by Crippen LogP contribution is 2.24. The second-order valence-corrected chi connectivity index (χ2v) is 8.79. The van der Waals surface area contributed by atoms with Gasteiger partial charge < -0.3 is 10.1 Å². The summed E-state index contributed by atoms with van der Waals surface area (Å²) < 4.78 is 36.3. The topological polar surface area (TPSA) is 84.4 Å². The van der Waals surface area contributed by atoms with Crippen LogP contribution in [0.1, 0.15) is 31.5 Å². The van der Waals surface area contributed by atoms with Gasteiger partial charge in [0.05, 0.1) is 5.25 Å². The van der Waals surface area contributed by atoms with Gasteiger partial charge in [-0.15, -0.1) is 0 Å². The van der Waals surface area contributed by atoms with E-state index in [1.165, 1.54) is 11.5 Å². The Morgan fingerprint density at radius 2 is 1.91 bits per heavy atom. The van der Waals surface area contributed by atoms with Gasteiger partial charge in [-0.2, -0.15) is 4.37 Å². The number of nitrogens with zero attached hydrogens (tertiary/aromatic N) is 3. The van der Waals surface area contributed by atoms with E-state index in [0.717, 1.165) is 23.8 Å². The van der Waals surface area contributed by atoms with E-state index in [9.17, 15) is 8.42 Å². The molecule has 1 aromatic heterocycles. The number of aromatic nitrogens is 2. The van der Waals surface area contributed by atoms with E-state index < -0.39 is 10.0 Å². The Morgan fingerprint density at radius 1 is 1.23 bits per heavy atom. The average Bonchev–Trinajstić information content (AvgIpc) is 2.94. The summed E-state index contributed by atoms with van der Waals surface area (Å²) in [6, 6.07) is 0.272. The Balaban J connectivity index is 1.54. The van der Waals surface area contributed by atoms with Crippen LogP contribution < -0.4 is 5.32 Å². The number of rotatable bonds is 4. The Hall–Kier alpha value is -0.770. The fraction of sp³-hybridized carbons (Fsp3) is 0.846. The number of sulfonamides is 1. The third kappa shape index (κ3) is 3.58. The molecule has 7 nitrogen and oxygen atoms in total. The minimum Gasteiger partial charge on any atom is -0.381 e. The molecule has 124 valence electrons. The monoisotopic (exact) mass is 346 g/mol. The van der Waals surface area contributed by atoms with E-state index in [1.807, 2.05) is 6.92 Å². The minimum atomic E-state index is -3.18. The second kappa shape index (κ2) is 6.77. The van der Waals surface area contributed by atoms with Crippen molar-refractivity contribution in [2.24, 2.45) is 0 Å². The molecule has 2 aliphatic heterocycles. The predicted octanol–water partition coefficient (Wildman–Crippen LogP) is 1.23. The molecule has 2 saturated heterocycles. The molecule has 2 fully saturated rings. The molecule has 0 radical (unpaired) electrons. The van der Waals surface area contributed by atoms with Crippen LogP contribution in [-0.2, 0) is 14.8 Å². The molecule has 0 atom stereocenters. The molecular formula is C13H22N4O3S2. The highest BCUT2D eigenvalue weighted by atomic mass is 32.2. The fourth-order valence-corrected chi connectivity index (χ4v) is 5.55. The number of hydrogen-bond acceptors (Lipinski definition) is 7. The van der Waals surface area contributed by atoms with Crippen LogP contribution >= 0.6 is 11.5 Å².